The minimum atomic E-state index is -0.0580. The third-order valence-corrected chi connectivity index (χ3v) is 2.96. The van der Waals surface area contributed by atoms with Gasteiger partial charge in [-0.05, 0) is 13.3 Å². The molecule has 3 heteroatoms. The van der Waals surface area contributed by atoms with Crippen LogP contribution in [-0.4, -0.2) is 36.5 Å². The standard InChI is InChI=1S/C11H22N2O/c1-10(2,3)9(12)13-7-6-11(4,8-13)14-5/h12H,6-8H2,1-5H3. The molecule has 14 heavy (non-hydrogen) atoms. The van der Waals surface area contributed by atoms with E-state index in [-0.39, 0.29) is 11.0 Å². The Morgan fingerprint density at radius 2 is 2.00 bits per heavy atom. The van der Waals surface area contributed by atoms with Gasteiger partial charge >= 0.3 is 0 Å². The molecule has 0 radical (unpaired) electrons. The Bertz CT molecular complexity index is 232. The summed E-state index contributed by atoms with van der Waals surface area (Å²) in [6.45, 7) is 10.1. The number of rotatable bonds is 1. The molecular formula is C11H22N2O. The number of likely N-dealkylation sites (tertiary alicyclic amines) is 1. The van der Waals surface area contributed by atoms with E-state index in [0.29, 0.717) is 0 Å². The quantitative estimate of drug-likeness (QED) is 0.517. The monoisotopic (exact) mass is 198 g/mol. The van der Waals surface area contributed by atoms with E-state index >= 15 is 0 Å². The maximum absolute atomic E-state index is 8.06. The lowest BCUT2D eigenvalue weighted by Crippen LogP contribution is -2.40. The lowest BCUT2D eigenvalue weighted by Gasteiger charge is -2.30. The molecule has 1 heterocycles. The Balaban J connectivity index is 2.63. The Labute approximate surface area is 86.9 Å². The van der Waals surface area contributed by atoms with Gasteiger partial charge in [-0.15, -0.1) is 0 Å². The molecule has 82 valence electrons. The predicted molar refractivity (Wildman–Crippen MR) is 58.8 cm³/mol. The van der Waals surface area contributed by atoms with Gasteiger partial charge in [0.15, 0.2) is 0 Å². The van der Waals surface area contributed by atoms with Crippen molar-refractivity contribution < 1.29 is 4.74 Å². The van der Waals surface area contributed by atoms with Crippen molar-refractivity contribution in [1.82, 2.24) is 4.90 Å². The molecule has 1 fully saturated rings. The van der Waals surface area contributed by atoms with Gasteiger partial charge in [-0.25, -0.2) is 0 Å². The molecule has 0 aliphatic carbocycles. The van der Waals surface area contributed by atoms with Crippen molar-refractivity contribution in [2.75, 3.05) is 20.2 Å². The molecule has 0 spiro atoms. The molecule has 0 amide bonds. The van der Waals surface area contributed by atoms with Gasteiger partial charge in [0, 0.05) is 25.6 Å². The molecule has 0 aromatic carbocycles. The molecule has 1 saturated heterocycles. The van der Waals surface area contributed by atoms with E-state index < -0.39 is 0 Å². The van der Waals surface area contributed by atoms with Gasteiger partial charge in [-0.3, -0.25) is 5.41 Å². The molecule has 0 aromatic rings. The molecule has 0 aromatic heterocycles. The predicted octanol–water partition coefficient (Wildman–Crippen LogP) is 2.12. The van der Waals surface area contributed by atoms with E-state index in [9.17, 15) is 0 Å². The zero-order valence-electron chi connectivity index (χ0n) is 9.98. The highest BCUT2D eigenvalue weighted by atomic mass is 16.5. The molecule has 0 bridgehead atoms. The summed E-state index contributed by atoms with van der Waals surface area (Å²) < 4.78 is 5.45. The first kappa shape index (κ1) is 11.5. The zero-order valence-corrected chi connectivity index (χ0v) is 9.98. The van der Waals surface area contributed by atoms with E-state index in [2.05, 4.69) is 32.6 Å². The smallest absolute Gasteiger partial charge is 0.101 e. The molecule has 1 rings (SSSR count). The maximum Gasteiger partial charge on any atom is 0.101 e. The number of hydrogen-bond donors (Lipinski definition) is 1. The second-order valence-corrected chi connectivity index (χ2v) is 5.42. The van der Waals surface area contributed by atoms with Crippen LogP contribution in [0.3, 0.4) is 0 Å². The second kappa shape index (κ2) is 3.54. The Morgan fingerprint density at radius 3 is 2.36 bits per heavy atom. The summed E-state index contributed by atoms with van der Waals surface area (Å²) >= 11 is 0. The van der Waals surface area contributed by atoms with Crippen LogP contribution in [0.2, 0.25) is 0 Å². The average Bonchev–Trinajstić information content (AvgIpc) is 2.46. The average molecular weight is 198 g/mol. The van der Waals surface area contributed by atoms with Gasteiger partial charge in [0.2, 0.25) is 0 Å². The van der Waals surface area contributed by atoms with E-state index in [4.69, 9.17) is 10.1 Å². The Kier molecular flexibility index (Phi) is 2.91. The molecule has 1 atom stereocenters. The first-order valence-corrected chi connectivity index (χ1v) is 5.18. The van der Waals surface area contributed by atoms with Crippen molar-refractivity contribution in [2.24, 2.45) is 5.41 Å². The van der Waals surface area contributed by atoms with E-state index in [0.717, 1.165) is 25.3 Å². The van der Waals surface area contributed by atoms with Crippen molar-refractivity contribution in [3.8, 4) is 0 Å². The maximum atomic E-state index is 8.06. The van der Waals surface area contributed by atoms with Crippen molar-refractivity contribution in [3.05, 3.63) is 0 Å². The van der Waals surface area contributed by atoms with Gasteiger partial charge in [0.25, 0.3) is 0 Å². The third kappa shape index (κ3) is 2.27. The number of nitrogens with one attached hydrogen (secondary N) is 1. The van der Waals surface area contributed by atoms with Gasteiger partial charge in [-0.2, -0.15) is 0 Å². The van der Waals surface area contributed by atoms with Gasteiger partial charge < -0.3 is 9.64 Å². The van der Waals surface area contributed by atoms with Crippen molar-refractivity contribution >= 4 is 5.84 Å². The fourth-order valence-electron chi connectivity index (χ4n) is 1.77. The third-order valence-electron chi connectivity index (χ3n) is 2.96. The summed E-state index contributed by atoms with van der Waals surface area (Å²) in [5, 5.41) is 8.06. The molecule has 0 saturated carbocycles. The van der Waals surface area contributed by atoms with Crippen molar-refractivity contribution in [3.63, 3.8) is 0 Å². The zero-order chi connectivity index (χ0) is 11.0. The normalized spacial score (nSPS) is 28.2. The summed E-state index contributed by atoms with van der Waals surface area (Å²) in [5.41, 5.74) is -0.115. The van der Waals surface area contributed by atoms with Crippen LogP contribution in [-0.2, 0) is 4.74 Å². The van der Waals surface area contributed by atoms with Crippen LogP contribution >= 0.6 is 0 Å². The number of hydrogen-bond acceptors (Lipinski definition) is 2. The van der Waals surface area contributed by atoms with Gasteiger partial charge in [0.1, 0.15) is 5.84 Å². The molecule has 1 unspecified atom stereocenters. The Hall–Kier alpha value is -0.570. The van der Waals surface area contributed by atoms with Crippen LogP contribution in [0.15, 0.2) is 0 Å². The highest BCUT2D eigenvalue weighted by Gasteiger charge is 2.37. The largest absolute Gasteiger partial charge is 0.377 e. The Morgan fingerprint density at radius 1 is 1.43 bits per heavy atom. The highest BCUT2D eigenvalue weighted by molar-refractivity contribution is 5.84. The van der Waals surface area contributed by atoms with E-state index in [1.807, 2.05) is 0 Å². The summed E-state index contributed by atoms with van der Waals surface area (Å²) in [6, 6.07) is 0. The first-order valence-electron chi connectivity index (χ1n) is 5.18. The lowest BCUT2D eigenvalue weighted by atomic mass is 9.94. The van der Waals surface area contributed by atoms with Gasteiger partial charge in [0.05, 0.1) is 5.60 Å². The summed E-state index contributed by atoms with van der Waals surface area (Å²) in [5.74, 6) is 0.721. The fraction of sp³-hybridized carbons (Fsp3) is 0.909. The molecule has 1 N–H and O–H groups in total. The van der Waals surface area contributed by atoms with Crippen LogP contribution in [0.25, 0.3) is 0 Å². The van der Waals surface area contributed by atoms with Crippen LogP contribution in [0.5, 0.6) is 0 Å². The SMILES string of the molecule is COC1(C)CCN(C(=N)C(C)(C)C)C1. The van der Waals surface area contributed by atoms with Gasteiger partial charge in [-0.1, -0.05) is 20.8 Å². The minimum Gasteiger partial charge on any atom is -0.377 e. The molecule has 1 aliphatic rings. The van der Waals surface area contributed by atoms with E-state index in [1.54, 1.807) is 7.11 Å². The number of ether oxygens (including phenoxy) is 1. The molecule has 1 aliphatic heterocycles. The summed E-state index contributed by atoms with van der Waals surface area (Å²) in [7, 11) is 1.75. The minimum absolute atomic E-state index is 0.0566. The summed E-state index contributed by atoms with van der Waals surface area (Å²) in [4.78, 5) is 2.13. The van der Waals surface area contributed by atoms with Crippen LogP contribution < -0.4 is 0 Å². The second-order valence-electron chi connectivity index (χ2n) is 5.42. The van der Waals surface area contributed by atoms with Crippen LogP contribution in [0, 0.1) is 10.8 Å². The highest BCUT2D eigenvalue weighted by Crippen LogP contribution is 2.28. The van der Waals surface area contributed by atoms with Crippen molar-refractivity contribution in [1.29, 1.82) is 5.41 Å². The molecule has 3 nitrogen and oxygen atoms in total. The van der Waals surface area contributed by atoms with Crippen molar-refractivity contribution in [2.45, 2.75) is 39.7 Å². The first-order chi connectivity index (χ1) is 6.28. The number of methoxy groups -OCH3 is 1. The van der Waals surface area contributed by atoms with Crippen LogP contribution in [0.1, 0.15) is 34.1 Å². The number of nitrogens with zero attached hydrogens (tertiary/aromatic N) is 1. The number of amidine groups is 1. The van der Waals surface area contributed by atoms with Crippen LogP contribution in [0.4, 0.5) is 0 Å². The van der Waals surface area contributed by atoms with E-state index in [1.165, 1.54) is 0 Å². The fourth-order valence-corrected chi connectivity index (χ4v) is 1.77. The molecular weight excluding hydrogens is 176 g/mol. The summed E-state index contributed by atoms with van der Waals surface area (Å²) in [6.07, 6.45) is 1.02. The lowest BCUT2D eigenvalue weighted by molar-refractivity contribution is 0.0187. The topological polar surface area (TPSA) is 36.3 Å².